The van der Waals surface area contributed by atoms with Crippen molar-refractivity contribution in [3.05, 3.63) is 59.7 Å². The average Bonchev–Trinajstić information content (AvgIpc) is 2.53. The molecule has 2 aromatic carbocycles. The molecule has 2 rings (SSSR count). The van der Waals surface area contributed by atoms with E-state index >= 15 is 0 Å². The van der Waals surface area contributed by atoms with E-state index in [2.05, 4.69) is 5.32 Å². The highest BCUT2D eigenvalue weighted by Gasteiger charge is 2.22. The second-order valence-electron chi connectivity index (χ2n) is 5.86. The number of aryl methyl sites for hydroxylation is 1. The van der Waals surface area contributed by atoms with E-state index in [1.165, 1.54) is 0 Å². The van der Waals surface area contributed by atoms with Gasteiger partial charge in [-0.1, -0.05) is 36.4 Å². The zero-order valence-electron chi connectivity index (χ0n) is 14.2. The molecule has 1 atom stereocenters. The first kappa shape index (κ1) is 17.0. The third kappa shape index (κ3) is 4.57. The number of carbonyl (C=O) groups is 1. The normalized spacial score (nSPS) is 12.0. The van der Waals surface area contributed by atoms with E-state index in [0.29, 0.717) is 17.9 Å². The van der Waals surface area contributed by atoms with E-state index < -0.39 is 0 Å². The van der Waals surface area contributed by atoms with Crippen molar-refractivity contribution >= 4 is 11.6 Å². The molecule has 122 valence electrons. The van der Waals surface area contributed by atoms with Gasteiger partial charge >= 0.3 is 0 Å². The lowest BCUT2D eigenvalue weighted by molar-refractivity contribution is -0.120. The van der Waals surface area contributed by atoms with Gasteiger partial charge in [-0.15, -0.1) is 0 Å². The fourth-order valence-electron chi connectivity index (χ4n) is 2.48. The SMILES string of the molecule is COc1ccc(C)cc1NC(=O)[C@H](Cc1ccccc1)N(C)C. The van der Waals surface area contributed by atoms with E-state index in [1.807, 2.05) is 74.4 Å². The van der Waals surface area contributed by atoms with E-state index in [0.717, 1.165) is 11.1 Å². The molecule has 0 aliphatic heterocycles. The lowest BCUT2D eigenvalue weighted by atomic mass is 10.0. The fraction of sp³-hybridized carbons (Fsp3) is 0.316. The molecule has 0 spiro atoms. The molecule has 0 unspecified atom stereocenters. The van der Waals surface area contributed by atoms with Crippen molar-refractivity contribution in [2.45, 2.75) is 19.4 Å². The highest BCUT2D eigenvalue weighted by atomic mass is 16.5. The van der Waals surface area contributed by atoms with Crippen LogP contribution in [0.3, 0.4) is 0 Å². The molecule has 4 nitrogen and oxygen atoms in total. The summed E-state index contributed by atoms with van der Waals surface area (Å²) < 4.78 is 5.33. The Morgan fingerprint density at radius 2 is 1.87 bits per heavy atom. The molecule has 0 aliphatic carbocycles. The summed E-state index contributed by atoms with van der Waals surface area (Å²) in [7, 11) is 5.44. The van der Waals surface area contributed by atoms with Gasteiger partial charge in [0.2, 0.25) is 5.91 Å². The summed E-state index contributed by atoms with van der Waals surface area (Å²) in [6.07, 6.45) is 0.661. The van der Waals surface area contributed by atoms with Gasteiger partial charge in [-0.25, -0.2) is 0 Å². The van der Waals surface area contributed by atoms with Crippen molar-refractivity contribution in [3.63, 3.8) is 0 Å². The van der Waals surface area contributed by atoms with Crippen molar-refractivity contribution in [2.75, 3.05) is 26.5 Å². The number of nitrogens with zero attached hydrogens (tertiary/aromatic N) is 1. The Morgan fingerprint density at radius 3 is 2.48 bits per heavy atom. The minimum absolute atomic E-state index is 0.0391. The molecule has 23 heavy (non-hydrogen) atoms. The van der Waals surface area contributed by atoms with Gasteiger partial charge < -0.3 is 10.1 Å². The van der Waals surface area contributed by atoms with Crippen LogP contribution in [0, 0.1) is 6.92 Å². The Labute approximate surface area is 138 Å². The summed E-state index contributed by atoms with van der Waals surface area (Å²) in [4.78, 5) is 14.7. The molecule has 1 N–H and O–H groups in total. The van der Waals surface area contributed by atoms with Crippen LogP contribution in [-0.2, 0) is 11.2 Å². The number of anilines is 1. The van der Waals surface area contributed by atoms with Crippen molar-refractivity contribution in [1.29, 1.82) is 0 Å². The third-order valence-corrected chi connectivity index (χ3v) is 3.81. The van der Waals surface area contributed by atoms with E-state index in [9.17, 15) is 4.79 Å². The number of nitrogens with one attached hydrogen (secondary N) is 1. The number of rotatable bonds is 6. The molecule has 0 bridgehead atoms. The van der Waals surface area contributed by atoms with Crippen LogP contribution in [-0.4, -0.2) is 38.1 Å². The number of amides is 1. The van der Waals surface area contributed by atoms with Crippen molar-refractivity contribution in [2.24, 2.45) is 0 Å². The second-order valence-corrected chi connectivity index (χ2v) is 5.86. The van der Waals surface area contributed by atoms with Crippen LogP contribution >= 0.6 is 0 Å². The van der Waals surface area contributed by atoms with Crippen LogP contribution < -0.4 is 10.1 Å². The topological polar surface area (TPSA) is 41.6 Å². The first-order valence-corrected chi connectivity index (χ1v) is 7.67. The highest BCUT2D eigenvalue weighted by Crippen LogP contribution is 2.25. The van der Waals surface area contributed by atoms with Gasteiger partial charge in [-0.3, -0.25) is 9.69 Å². The highest BCUT2D eigenvalue weighted by molar-refractivity contribution is 5.96. The number of carbonyl (C=O) groups excluding carboxylic acids is 1. The quantitative estimate of drug-likeness (QED) is 0.891. The number of methoxy groups -OCH3 is 1. The molecule has 2 aromatic rings. The first-order valence-electron chi connectivity index (χ1n) is 7.67. The monoisotopic (exact) mass is 312 g/mol. The van der Waals surface area contributed by atoms with Gasteiger partial charge in [0, 0.05) is 0 Å². The molecule has 0 radical (unpaired) electrons. The standard InChI is InChI=1S/C19H24N2O2/c1-14-10-11-18(23-4)16(12-14)20-19(22)17(21(2)3)13-15-8-6-5-7-9-15/h5-12,17H,13H2,1-4H3,(H,20,22)/t17-/m0/s1. The minimum Gasteiger partial charge on any atom is -0.495 e. The number of likely N-dealkylation sites (N-methyl/N-ethyl adjacent to an activating group) is 1. The predicted octanol–water partition coefficient (Wildman–Crippen LogP) is 3.12. The van der Waals surface area contributed by atoms with Crippen LogP contribution in [0.15, 0.2) is 48.5 Å². The summed E-state index contributed by atoms with van der Waals surface area (Å²) in [5.41, 5.74) is 2.92. The molecular formula is C19H24N2O2. The first-order chi connectivity index (χ1) is 11.0. The smallest absolute Gasteiger partial charge is 0.242 e. The minimum atomic E-state index is -0.248. The van der Waals surface area contributed by atoms with Crippen LogP contribution in [0.1, 0.15) is 11.1 Å². The van der Waals surface area contributed by atoms with Crippen molar-refractivity contribution in [3.8, 4) is 5.75 Å². The zero-order chi connectivity index (χ0) is 16.8. The Morgan fingerprint density at radius 1 is 1.17 bits per heavy atom. The largest absolute Gasteiger partial charge is 0.495 e. The van der Waals surface area contributed by atoms with E-state index in [-0.39, 0.29) is 11.9 Å². The number of ether oxygens (including phenoxy) is 1. The maximum absolute atomic E-state index is 12.7. The Hall–Kier alpha value is -2.33. The lowest BCUT2D eigenvalue weighted by Gasteiger charge is -2.24. The van der Waals surface area contributed by atoms with Gasteiger partial charge in [-0.2, -0.15) is 0 Å². The fourth-order valence-corrected chi connectivity index (χ4v) is 2.48. The van der Waals surface area contributed by atoms with Gasteiger partial charge in [0.15, 0.2) is 0 Å². The molecule has 0 saturated carbocycles. The van der Waals surface area contributed by atoms with Crippen molar-refractivity contribution in [1.82, 2.24) is 4.90 Å². The summed E-state index contributed by atoms with van der Waals surface area (Å²) in [5.74, 6) is 0.629. The Balaban J connectivity index is 2.17. The maximum atomic E-state index is 12.7. The summed E-state index contributed by atoms with van der Waals surface area (Å²) in [6.45, 7) is 1.99. The molecule has 0 saturated heterocycles. The maximum Gasteiger partial charge on any atom is 0.242 e. The molecule has 0 aliphatic rings. The summed E-state index contributed by atoms with van der Waals surface area (Å²) in [5, 5.41) is 3.00. The van der Waals surface area contributed by atoms with Crippen molar-refractivity contribution < 1.29 is 9.53 Å². The zero-order valence-corrected chi connectivity index (χ0v) is 14.2. The molecule has 0 fully saturated rings. The van der Waals surface area contributed by atoms with Gasteiger partial charge in [0.1, 0.15) is 5.75 Å². The molecular weight excluding hydrogens is 288 g/mol. The predicted molar refractivity (Wildman–Crippen MR) is 94.0 cm³/mol. The molecule has 1 amide bonds. The average molecular weight is 312 g/mol. The van der Waals surface area contributed by atoms with E-state index in [4.69, 9.17) is 4.74 Å². The van der Waals surface area contributed by atoms with E-state index in [1.54, 1.807) is 7.11 Å². The Bertz CT molecular complexity index is 654. The van der Waals surface area contributed by atoms with Gasteiger partial charge in [-0.05, 0) is 50.7 Å². The van der Waals surface area contributed by atoms with Crippen LogP contribution in [0.25, 0.3) is 0 Å². The lowest BCUT2D eigenvalue weighted by Crippen LogP contribution is -2.41. The number of benzene rings is 2. The van der Waals surface area contributed by atoms with Crippen LogP contribution in [0.2, 0.25) is 0 Å². The van der Waals surface area contributed by atoms with Gasteiger partial charge in [0.25, 0.3) is 0 Å². The summed E-state index contributed by atoms with van der Waals surface area (Å²) in [6, 6.07) is 15.5. The number of hydrogen-bond donors (Lipinski definition) is 1. The molecule has 0 aromatic heterocycles. The second kappa shape index (κ2) is 7.79. The third-order valence-electron chi connectivity index (χ3n) is 3.81. The van der Waals surface area contributed by atoms with Crippen LogP contribution in [0.4, 0.5) is 5.69 Å². The number of hydrogen-bond acceptors (Lipinski definition) is 3. The van der Waals surface area contributed by atoms with Crippen LogP contribution in [0.5, 0.6) is 5.75 Å². The molecule has 0 heterocycles. The van der Waals surface area contributed by atoms with Gasteiger partial charge in [0.05, 0.1) is 18.8 Å². The molecule has 4 heteroatoms. The summed E-state index contributed by atoms with van der Waals surface area (Å²) >= 11 is 0. The Kier molecular flexibility index (Phi) is 5.77.